The molecule has 0 radical (unpaired) electrons. The van der Waals surface area contributed by atoms with E-state index in [2.05, 4.69) is 29.9 Å². The highest BCUT2D eigenvalue weighted by atomic mass is 79.9. The number of halogens is 1. The summed E-state index contributed by atoms with van der Waals surface area (Å²) in [6.07, 6.45) is 5.87. The molecule has 1 fully saturated rings. The van der Waals surface area contributed by atoms with Crippen LogP contribution >= 0.6 is 28.1 Å². The fourth-order valence-electron chi connectivity index (χ4n) is 1.88. The number of aryl methyl sites for hydroxylation is 1. The Morgan fingerprint density at radius 2 is 2.12 bits per heavy atom. The van der Waals surface area contributed by atoms with Gasteiger partial charge in [0.1, 0.15) is 5.76 Å². The van der Waals surface area contributed by atoms with Gasteiger partial charge in [0.05, 0.1) is 24.6 Å². The molecule has 2 rings (SSSR count). The maximum absolute atomic E-state index is 9.87. The van der Waals surface area contributed by atoms with Crippen molar-refractivity contribution in [1.82, 2.24) is 9.29 Å². The van der Waals surface area contributed by atoms with Crippen LogP contribution in [0.2, 0.25) is 0 Å². The average molecular weight is 429 g/mol. The molecule has 0 unspecified atom stereocenters. The molecule has 6 nitrogen and oxygen atoms in total. The molecule has 0 amide bonds. The number of ether oxygens (including phenoxy) is 1. The van der Waals surface area contributed by atoms with Crippen LogP contribution in [0.4, 0.5) is 5.69 Å². The summed E-state index contributed by atoms with van der Waals surface area (Å²) >= 11 is 4.69. The minimum Gasteiger partial charge on any atom is -0.508 e. The fraction of sp³-hybridized carbons (Fsp3) is 0.412. The molecule has 138 valence electrons. The van der Waals surface area contributed by atoms with Crippen molar-refractivity contribution < 1.29 is 9.84 Å². The average Bonchev–Trinajstić information content (AvgIpc) is 2.64. The van der Waals surface area contributed by atoms with Crippen molar-refractivity contribution in [3.63, 3.8) is 0 Å². The number of allylic oxidation sites excluding steroid dienone is 2. The number of anilines is 1. The van der Waals surface area contributed by atoms with Gasteiger partial charge in [0, 0.05) is 42.1 Å². The lowest BCUT2D eigenvalue weighted by molar-refractivity contribution is 0.0775. The lowest BCUT2D eigenvalue weighted by Crippen LogP contribution is -2.32. The lowest BCUT2D eigenvalue weighted by atomic mass is 10.2. The van der Waals surface area contributed by atoms with Crippen LogP contribution in [0.1, 0.15) is 25.1 Å². The van der Waals surface area contributed by atoms with E-state index in [-0.39, 0.29) is 5.76 Å². The second-order valence-electron chi connectivity index (χ2n) is 4.88. The van der Waals surface area contributed by atoms with E-state index in [0.29, 0.717) is 4.48 Å². The molecule has 2 heterocycles. The number of aliphatic hydroxyl groups excluding tert-OH is 1. The zero-order chi connectivity index (χ0) is 18.7. The van der Waals surface area contributed by atoms with E-state index >= 15 is 0 Å². The first-order valence-corrected chi connectivity index (χ1v) is 9.66. The van der Waals surface area contributed by atoms with Crippen molar-refractivity contribution in [3.8, 4) is 0 Å². The molecule has 0 spiro atoms. The Labute approximate surface area is 162 Å². The molecule has 0 bridgehead atoms. The molecule has 0 saturated carbocycles. The monoisotopic (exact) mass is 428 g/mol. The number of aromatic nitrogens is 1. The lowest BCUT2D eigenvalue weighted by Gasteiger charge is -2.25. The molecule has 0 aromatic carbocycles. The van der Waals surface area contributed by atoms with E-state index in [1.54, 1.807) is 12.3 Å². The highest BCUT2D eigenvalue weighted by Gasteiger charge is 2.11. The van der Waals surface area contributed by atoms with Crippen LogP contribution in [0.3, 0.4) is 0 Å². The van der Waals surface area contributed by atoms with Crippen LogP contribution in [0, 0.1) is 12.3 Å². The second-order valence-corrected chi connectivity index (χ2v) is 6.70. The molecule has 1 saturated heterocycles. The third-order valence-electron chi connectivity index (χ3n) is 3.10. The number of aliphatic hydroxyl groups is 1. The van der Waals surface area contributed by atoms with Gasteiger partial charge in [-0.2, -0.15) is 0 Å². The Morgan fingerprint density at radius 1 is 1.44 bits per heavy atom. The SMILES string of the molecule is CC.Cc1ncc(/C=C(O)/C=C(/Br)C=N)cc1NSN1CCOCC1. The minimum atomic E-state index is 0.0535. The van der Waals surface area contributed by atoms with E-state index in [1.165, 1.54) is 18.2 Å². The largest absolute Gasteiger partial charge is 0.508 e. The number of nitrogens with one attached hydrogen (secondary N) is 2. The molecule has 1 aromatic rings. The van der Waals surface area contributed by atoms with Gasteiger partial charge in [0.15, 0.2) is 0 Å². The third-order valence-corrected chi connectivity index (χ3v) is 4.49. The number of rotatable bonds is 6. The molecule has 8 heteroatoms. The molecule has 3 N–H and O–H groups in total. The Hall–Kier alpha value is -1.35. The molecule has 25 heavy (non-hydrogen) atoms. The van der Waals surface area contributed by atoms with Gasteiger partial charge in [0.2, 0.25) is 0 Å². The van der Waals surface area contributed by atoms with Gasteiger partial charge in [-0.3, -0.25) is 4.98 Å². The summed E-state index contributed by atoms with van der Waals surface area (Å²) in [7, 11) is 0. The molecule has 1 aromatic heterocycles. The highest BCUT2D eigenvalue weighted by molar-refractivity contribution is 9.12. The number of nitrogens with zero attached hydrogens (tertiary/aromatic N) is 2. The summed E-state index contributed by atoms with van der Waals surface area (Å²) in [5, 5.41) is 17.0. The summed E-state index contributed by atoms with van der Waals surface area (Å²) in [5.74, 6) is 0.0535. The Balaban J connectivity index is 0.00000151. The van der Waals surface area contributed by atoms with Crippen LogP contribution in [0.25, 0.3) is 6.08 Å². The van der Waals surface area contributed by atoms with Crippen molar-refractivity contribution in [2.75, 3.05) is 31.0 Å². The van der Waals surface area contributed by atoms with Gasteiger partial charge in [0.25, 0.3) is 0 Å². The fourth-order valence-corrected chi connectivity index (χ4v) is 2.88. The van der Waals surface area contributed by atoms with E-state index in [4.69, 9.17) is 10.1 Å². The highest BCUT2D eigenvalue weighted by Crippen LogP contribution is 2.22. The molecular formula is C17H25BrN4O2S. The zero-order valence-corrected chi connectivity index (χ0v) is 17.2. The predicted molar refractivity (Wildman–Crippen MR) is 110 cm³/mol. The van der Waals surface area contributed by atoms with Gasteiger partial charge in [-0.25, -0.2) is 4.31 Å². The number of pyridine rings is 1. The van der Waals surface area contributed by atoms with Crippen LogP contribution in [0.15, 0.2) is 28.6 Å². The Morgan fingerprint density at radius 3 is 2.76 bits per heavy atom. The first-order chi connectivity index (χ1) is 12.1. The normalized spacial score (nSPS) is 16.0. The topological polar surface area (TPSA) is 81.5 Å². The van der Waals surface area contributed by atoms with Gasteiger partial charge in [-0.15, -0.1) is 0 Å². The van der Waals surface area contributed by atoms with Crippen LogP contribution in [-0.4, -0.2) is 46.9 Å². The first kappa shape index (κ1) is 21.7. The molecule has 0 aliphatic carbocycles. The summed E-state index contributed by atoms with van der Waals surface area (Å²) in [5.41, 5.74) is 2.57. The maximum Gasteiger partial charge on any atom is 0.117 e. The van der Waals surface area contributed by atoms with Crippen molar-refractivity contribution in [2.24, 2.45) is 0 Å². The number of hydrogen-bond acceptors (Lipinski definition) is 7. The Bertz CT molecular complexity index is 617. The standard InChI is InChI=1S/C15H19BrN4O2S.C2H6/c1-11-15(19-23-20-2-4-22-5-3-20)7-12(10-18-11)6-14(21)8-13(16)9-17;1-2/h6-10,17,19,21H,2-5H2,1H3;1-2H3/b13-8+,14-6-,17-9?;. The summed E-state index contributed by atoms with van der Waals surface area (Å²) in [4.78, 5) is 4.34. The summed E-state index contributed by atoms with van der Waals surface area (Å²) < 4.78 is 11.3. The number of hydrogen-bond donors (Lipinski definition) is 3. The smallest absolute Gasteiger partial charge is 0.117 e. The predicted octanol–water partition coefficient (Wildman–Crippen LogP) is 4.55. The quantitative estimate of drug-likeness (QED) is 0.266. The molecule has 1 aliphatic heterocycles. The van der Waals surface area contributed by atoms with Crippen molar-refractivity contribution in [1.29, 1.82) is 5.41 Å². The van der Waals surface area contributed by atoms with Crippen molar-refractivity contribution >= 4 is 46.0 Å². The van der Waals surface area contributed by atoms with Crippen LogP contribution in [-0.2, 0) is 4.74 Å². The van der Waals surface area contributed by atoms with Crippen molar-refractivity contribution in [2.45, 2.75) is 20.8 Å². The van der Waals surface area contributed by atoms with E-state index in [9.17, 15) is 5.11 Å². The molecule has 0 atom stereocenters. The second kappa shape index (κ2) is 12.1. The summed E-state index contributed by atoms with van der Waals surface area (Å²) in [6, 6.07) is 1.93. The Kier molecular flexibility index (Phi) is 10.5. The van der Waals surface area contributed by atoms with Gasteiger partial charge < -0.3 is 20.0 Å². The van der Waals surface area contributed by atoms with E-state index in [1.807, 2.05) is 26.8 Å². The number of morpholine rings is 1. The maximum atomic E-state index is 9.87. The minimum absolute atomic E-state index is 0.0535. The van der Waals surface area contributed by atoms with E-state index in [0.717, 1.165) is 49.5 Å². The molecular weight excluding hydrogens is 404 g/mol. The third kappa shape index (κ3) is 8.04. The van der Waals surface area contributed by atoms with Gasteiger partial charge in [-0.05, 0) is 46.6 Å². The van der Waals surface area contributed by atoms with E-state index < -0.39 is 0 Å². The summed E-state index contributed by atoms with van der Waals surface area (Å²) in [6.45, 7) is 9.19. The van der Waals surface area contributed by atoms with Crippen LogP contribution in [0.5, 0.6) is 0 Å². The van der Waals surface area contributed by atoms with Gasteiger partial charge in [-0.1, -0.05) is 13.8 Å². The van der Waals surface area contributed by atoms with Gasteiger partial charge >= 0.3 is 0 Å². The molecule has 1 aliphatic rings. The zero-order valence-electron chi connectivity index (χ0n) is 14.8. The van der Waals surface area contributed by atoms with Crippen molar-refractivity contribution in [3.05, 3.63) is 39.8 Å². The first-order valence-electron chi connectivity index (χ1n) is 8.09. The van der Waals surface area contributed by atoms with Crippen LogP contribution < -0.4 is 4.72 Å².